The Balaban J connectivity index is 1.33. The Morgan fingerprint density at radius 1 is 1.02 bits per heavy atom. The van der Waals surface area contributed by atoms with E-state index in [1.54, 1.807) is 9.80 Å². The minimum atomic E-state index is -0.661. The van der Waals surface area contributed by atoms with Crippen LogP contribution in [-0.4, -0.2) is 63.3 Å². The summed E-state index contributed by atoms with van der Waals surface area (Å²) < 4.78 is 13.3. The summed E-state index contributed by atoms with van der Waals surface area (Å²) in [6.07, 6.45) is 3.43. The van der Waals surface area contributed by atoms with Crippen molar-refractivity contribution in [2.45, 2.75) is 70.6 Å². The number of hydrogen-bond acceptors (Lipinski definition) is 6. The number of aldehydes is 1. The average Bonchev–Trinajstić information content (AvgIpc) is 3.76. The van der Waals surface area contributed by atoms with Gasteiger partial charge in [0.2, 0.25) is 0 Å². The Bertz CT molecular complexity index is 1470. The van der Waals surface area contributed by atoms with Crippen LogP contribution < -0.4 is 0 Å². The van der Waals surface area contributed by atoms with E-state index >= 15 is 0 Å². The molecule has 2 amide bonds. The number of aromatic nitrogens is 2. The van der Waals surface area contributed by atoms with Crippen molar-refractivity contribution < 1.29 is 23.9 Å². The van der Waals surface area contributed by atoms with E-state index in [1.807, 2.05) is 67.9 Å². The lowest BCUT2D eigenvalue weighted by Crippen LogP contribution is -2.47. The number of carbonyl (C=O) groups is 3. The summed E-state index contributed by atoms with van der Waals surface area (Å²) >= 11 is 0. The molecule has 0 radical (unpaired) electrons. The molecule has 0 unspecified atom stereocenters. The van der Waals surface area contributed by atoms with E-state index in [4.69, 9.17) is 14.6 Å². The molecule has 1 atom stereocenters. The van der Waals surface area contributed by atoms with Gasteiger partial charge in [-0.15, -0.1) is 0 Å². The van der Waals surface area contributed by atoms with Gasteiger partial charge in [0.15, 0.2) is 6.29 Å². The van der Waals surface area contributed by atoms with Gasteiger partial charge in [-0.2, -0.15) is 5.10 Å². The standard InChI is InChI=1S/C32H36N4O5/c1-32(2,3)41-31(39)35-16-14-27-29-25(33-36(27)26-12-11-23(22-9-10-22)17-24(26)19-37)13-15-34(18-28(29)35)30(38)40-20-21-7-5-4-6-8-21/h4-8,11-12,17,19,22,28H,9-10,13-16,18,20H2,1-3H3/t28-/m0/s1. The highest BCUT2D eigenvalue weighted by Gasteiger charge is 2.42. The molecular weight excluding hydrogens is 520 g/mol. The maximum atomic E-state index is 13.4. The highest BCUT2D eigenvalue weighted by molar-refractivity contribution is 5.81. The SMILES string of the molecule is CC(C)(C)OC(=O)N1CCc2c3c(nn2-c2ccc(C4CC4)cc2C=O)CCN(C(=O)OCc2ccccc2)C[C@@H]31. The van der Waals surface area contributed by atoms with E-state index in [1.165, 1.54) is 5.56 Å². The molecule has 41 heavy (non-hydrogen) atoms. The van der Waals surface area contributed by atoms with E-state index in [-0.39, 0.29) is 13.2 Å². The van der Waals surface area contributed by atoms with Crippen LogP contribution in [0.4, 0.5) is 9.59 Å². The summed E-state index contributed by atoms with van der Waals surface area (Å²) in [5.74, 6) is 0.537. The Morgan fingerprint density at radius 3 is 2.51 bits per heavy atom. The zero-order valence-electron chi connectivity index (χ0n) is 23.8. The Hall–Kier alpha value is -4.14. The lowest BCUT2D eigenvalue weighted by molar-refractivity contribution is 0.00940. The van der Waals surface area contributed by atoms with Gasteiger partial charge >= 0.3 is 12.2 Å². The van der Waals surface area contributed by atoms with E-state index in [0.29, 0.717) is 37.4 Å². The zero-order valence-corrected chi connectivity index (χ0v) is 23.8. The molecule has 1 fully saturated rings. The molecule has 0 spiro atoms. The van der Waals surface area contributed by atoms with Crippen molar-refractivity contribution in [1.29, 1.82) is 0 Å². The molecule has 1 aliphatic carbocycles. The zero-order chi connectivity index (χ0) is 28.7. The van der Waals surface area contributed by atoms with Gasteiger partial charge in [-0.3, -0.25) is 9.69 Å². The first kappa shape index (κ1) is 27.1. The molecule has 0 N–H and O–H groups in total. The third-order valence-corrected chi connectivity index (χ3v) is 7.96. The Kier molecular flexibility index (Phi) is 7.05. The largest absolute Gasteiger partial charge is 0.445 e. The monoisotopic (exact) mass is 556 g/mol. The summed E-state index contributed by atoms with van der Waals surface area (Å²) in [7, 11) is 0. The van der Waals surface area contributed by atoms with Gasteiger partial charge in [0.1, 0.15) is 12.2 Å². The van der Waals surface area contributed by atoms with Crippen LogP contribution in [0.5, 0.6) is 0 Å². The first-order valence-corrected chi connectivity index (χ1v) is 14.4. The predicted octanol–water partition coefficient (Wildman–Crippen LogP) is 5.59. The van der Waals surface area contributed by atoms with Crippen LogP contribution in [-0.2, 0) is 28.9 Å². The Morgan fingerprint density at radius 2 is 1.80 bits per heavy atom. The molecule has 0 bridgehead atoms. The fourth-order valence-electron chi connectivity index (χ4n) is 5.84. The van der Waals surface area contributed by atoms with Gasteiger partial charge in [-0.1, -0.05) is 36.4 Å². The molecule has 214 valence electrons. The van der Waals surface area contributed by atoms with Gasteiger partial charge in [0.25, 0.3) is 0 Å². The molecule has 9 heteroatoms. The second-order valence-electron chi connectivity index (χ2n) is 12.1. The van der Waals surface area contributed by atoms with Crippen LogP contribution in [0.15, 0.2) is 48.5 Å². The molecule has 9 nitrogen and oxygen atoms in total. The summed E-state index contributed by atoms with van der Waals surface area (Å²) in [4.78, 5) is 42.2. The molecule has 0 saturated heterocycles. The molecule has 1 aromatic heterocycles. The number of hydrogen-bond donors (Lipinski definition) is 0. The number of rotatable bonds is 5. The summed E-state index contributed by atoms with van der Waals surface area (Å²) in [5, 5.41) is 5.00. The lowest BCUT2D eigenvalue weighted by Gasteiger charge is -2.38. The van der Waals surface area contributed by atoms with E-state index in [9.17, 15) is 14.4 Å². The number of amides is 2. The summed E-state index contributed by atoms with van der Waals surface area (Å²) in [6, 6.07) is 15.2. The van der Waals surface area contributed by atoms with Crippen LogP contribution in [0.1, 0.15) is 84.0 Å². The lowest BCUT2D eigenvalue weighted by atomic mass is 9.96. The van der Waals surface area contributed by atoms with Gasteiger partial charge in [-0.05, 0) is 62.8 Å². The second-order valence-corrected chi connectivity index (χ2v) is 12.1. The summed E-state index contributed by atoms with van der Waals surface area (Å²) in [6.45, 7) is 6.77. The van der Waals surface area contributed by atoms with Crippen molar-refractivity contribution >= 4 is 18.5 Å². The van der Waals surface area contributed by atoms with Crippen LogP contribution in [0.25, 0.3) is 5.69 Å². The normalized spacial score (nSPS) is 18.4. The number of ether oxygens (including phenoxy) is 2. The van der Waals surface area contributed by atoms with Crippen LogP contribution in [0.2, 0.25) is 0 Å². The predicted molar refractivity (Wildman–Crippen MR) is 152 cm³/mol. The van der Waals surface area contributed by atoms with E-state index in [2.05, 4.69) is 6.07 Å². The first-order chi connectivity index (χ1) is 19.7. The molecule has 2 aliphatic heterocycles. The van der Waals surface area contributed by atoms with Crippen LogP contribution in [0.3, 0.4) is 0 Å². The number of benzene rings is 2. The van der Waals surface area contributed by atoms with Crippen molar-refractivity contribution in [3.05, 3.63) is 82.2 Å². The third kappa shape index (κ3) is 5.58. The minimum absolute atomic E-state index is 0.171. The van der Waals surface area contributed by atoms with Gasteiger partial charge in [0.05, 0.1) is 23.1 Å². The van der Waals surface area contributed by atoms with Crippen LogP contribution >= 0.6 is 0 Å². The number of carbonyl (C=O) groups excluding carboxylic acids is 3. The third-order valence-electron chi connectivity index (χ3n) is 7.96. The topological polar surface area (TPSA) is 94.0 Å². The Labute approximate surface area is 240 Å². The second kappa shape index (κ2) is 10.7. The molecular formula is C32H36N4O5. The highest BCUT2D eigenvalue weighted by Crippen LogP contribution is 2.42. The quantitative estimate of drug-likeness (QED) is 0.380. The fourth-order valence-corrected chi connectivity index (χ4v) is 5.84. The van der Waals surface area contributed by atoms with Crippen molar-refractivity contribution in [1.82, 2.24) is 19.6 Å². The van der Waals surface area contributed by atoms with Crippen molar-refractivity contribution in [2.24, 2.45) is 0 Å². The molecule has 6 rings (SSSR count). The van der Waals surface area contributed by atoms with Gasteiger partial charge in [0, 0.05) is 43.6 Å². The van der Waals surface area contributed by atoms with E-state index < -0.39 is 23.8 Å². The average molecular weight is 557 g/mol. The molecule has 3 heterocycles. The van der Waals surface area contributed by atoms with Gasteiger partial charge in [-0.25, -0.2) is 14.3 Å². The van der Waals surface area contributed by atoms with Crippen molar-refractivity contribution in [2.75, 3.05) is 19.6 Å². The molecule has 2 aromatic carbocycles. The maximum Gasteiger partial charge on any atom is 0.410 e. The molecule has 3 aliphatic rings. The smallest absolute Gasteiger partial charge is 0.410 e. The molecule has 1 saturated carbocycles. The van der Waals surface area contributed by atoms with Crippen LogP contribution in [0, 0.1) is 0 Å². The van der Waals surface area contributed by atoms with Crippen molar-refractivity contribution in [3.63, 3.8) is 0 Å². The maximum absolute atomic E-state index is 13.4. The fraction of sp³-hybridized carbons (Fsp3) is 0.438. The van der Waals surface area contributed by atoms with E-state index in [0.717, 1.165) is 47.3 Å². The summed E-state index contributed by atoms with van der Waals surface area (Å²) in [5.41, 5.74) is 5.51. The first-order valence-electron chi connectivity index (χ1n) is 14.4. The molecule has 3 aromatic rings. The van der Waals surface area contributed by atoms with Gasteiger partial charge < -0.3 is 14.4 Å². The highest BCUT2D eigenvalue weighted by atomic mass is 16.6. The van der Waals surface area contributed by atoms with Crippen molar-refractivity contribution in [3.8, 4) is 5.69 Å². The number of nitrogens with zero attached hydrogens (tertiary/aromatic N) is 4. The minimum Gasteiger partial charge on any atom is -0.445 e.